The minimum absolute atomic E-state index is 0.832. The Bertz CT molecular complexity index is 171. The molecule has 0 aromatic carbocycles. The highest BCUT2D eigenvalue weighted by Gasteiger charge is 2.18. The third-order valence-electron chi connectivity index (χ3n) is 3.72. The first-order chi connectivity index (χ1) is 8.08. The van der Waals surface area contributed by atoms with Gasteiger partial charge in [-0.1, -0.05) is 27.7 Å². The van der Waals surface area contributed by atoms with E-state index in [1.54, 1.807) is 0 Å². The van der Waals surface area contributed by atoms with Gasteiger partial charge in [0.2, 0.25) is 0 Å². The van der Waals surface area contributed by atoms with Crippen LogP contribution in [0, 0.1) is 17.8 Å². The van der Waals surface area contributed by atoms with Crippen LogP contribution in [0.3, 0.4) is 0 Å². The van der Waals surface area contributed by atoms with Crippen molar-refractivity contribution < 1.29 is 0 Å². The van der Waals surface area contributed by atoms with Crippen molar-refractivity contribution in [3.63, 3.8) is 0 Å². The predicted octanol–water partition coefficient (Wildman–Crippen LogP) is 2.99. The van der Waals surface area contributed by atoms with Gasteiger partial charge in [-0.15, -0.1) is 0 Å². The second-order valence-electron chi connectivity index (χ2n) is 6.52. The van der Waals surface area contributed by atoms with Crippen molar-refractivity contribution in [1.29, 1.82) is 0 Å². The Morgan fingerprint density at radius 2 is 1.65 bits per heavy atom. The zero-order valence-electron chi connectivity index (χ0n) is 12.3. The van der Waals surface area contributed by atoms with Crippen LogP contribution in [0.2, 0.25) is 0 Å². The fourth-order valence-corrected chi connectivity index (χ4v) is 2.41. The van der Waals surface area contributed by atoms with Crippen LogP contribution in [-0.2, 0) is 0 Å². The molecule has 1 N–H and O–H groups in total. The standard InChI is InChI=1S/C15H32N2/c1-13(2)6-9-17(10-7-14(3)4)12-15-5-8-16-11-15/h13-16H,5-12H2,1-4H3. The molecule has 0 saturated carbocycles. The Labute approximate surface area is 108 Å². The molecule has 1 heterocycles. The number of nitrogens with one attached hydrogen (secondary N) is 1. The smallest absolute Gasteiger partial charge is 0.00223 e. The molecule has 102 valence electrons. The Balaban J connectivity index is 2.28. The molecule has 2 nitrogen and oxygen atoms in total. The van der Waals surface area contributed by atoms with Crippen LogP contribution >= 0.6 is 0 Å². The summed E-state index contributed by atoms with van der Waals surface area (Å²) in [6.45, 7) is 15.7. The quantitative estimate of drug-likeness (QED) is 0.701. The highest BCUT2D eigenvalue weighted by Crippen LogP contribution is 2.13. The molecule has 0 radical (unpaired) electrons. The summed E-state index contributed by atoms with van der Waals surface area (Å²) in [5.74, 6) is 2.56. The molecule has 1 unspecified atom stereocenters. The fraction of sp³-hybridized carbons (Fsp3) is 1.00. The van der Waals surface area contributed by atoms with E-state index in [0.29, 0.717) is 0 Å². The monoisotopic (exact) mass is 240 g/mol. The number of nitrogens with zero attached hydrogens (tertiary/aromatic N) is 1. The third kappa shape index (κ3) is 7.05. The summed E-state index contributed by atoms with van der Waals surface area (Å²) in [4.78, 5) is 2.71. The molecule has 0 aromatic heterocycles. The van der Waals surface area contributed by atoms with Gasteiger partial charge in [-0.3, -0.25) is 0 Å². The minimum atomic E-state index is 0.832. The lowest BCUT2D eigenvalue weighted by molar-refractivity contribution is 0.214. The highest BCUT2D eigenvalue weighted by molar-refractivity contribution is 4.75. The first-order valence-electron chi connectivity index (χ1n) is 7.51. The van der Waals surface area contributed by atoms with Gasteiger partial charge in [0.05, 0.1) is 0 Å². The van der Waals surface area contributed by atoms with Gasteiger partial charge in [-0.2, -0.15) is 0 Å². The van der Waals surface area contributed by atoms with Crippen LogP contribution in [0.15, 0.2) is 0 Å². The van der Waals surface area contributed by atoms with Crippen LogP contribution in [0.4, 0.5) is 0 Å². The third-order valence-corrected chi connectivity index (χ3v) is 3.72. The minimum Gasteiger partial charge on any atom is -0.316 e. The van der Waals surface area contributed by atoms with Crippen molar-refractivity contribution >= 4 is 0 Å². The van der Waals surface area contributed by atoms with Gasteiger partial charge in [0.15, 0.2) is 0 Å². The lowest BCUT2D eigenvalue weighted by Gasteiger charge is -2.26. The van der Waals surface area contributed by atoms with E-state index in [4.69, 9.17) is 0 Å². The van der Waals surface area contributed by atoms with Crippen molar-refractivity contribution in [2.45, 2.75) is 47.0 Å². The van der Waals surface area contributed by atoms with E-state index in [0.717, 1.165) is 17.8 Å². The Morgan fingerprint density at radius 1 is 1.06 bits per heavy atom. The molecule has 1 atom stereocenters. The summed E-state index contributed by atoms with van der Waals surface area (Å²) in [6, 6.07) is 0. The van der Waals surface area contributed by atoms with E-state index in [9.17, 15) is 0 Å². The molecule has 1 fully saturated rings. The van der Waals surface area contributed by atoms with E-state index in [-0.39, 0.29) is 0 Å². The SMILES string of the molecule is CC(C)CCN(CCC(C)C)CC1CCNC1. The van der Waals surface area contributed by atoms with E-state index in [2.05, 4.69) is 37.9 Å². The lowest BCUT2D eigenvalue weighted by atomic mass is 10.1. The molecule has 0 aliphatic carbocycles. The summed E-state index contributed by atoms with van der Waals surface area (Å²) >= 11 is 0. The van der Waals surface area contributed by atoms with Crippen LogP contribution < -0.4 is 5.32 Å². The van der Waals surface area contributed by atoms with Gasteiger partial charge in [-0.05, 0) is 63.2 Å². The molecule has 1 aliphatic heterocycles. The highest BCUT2D eigenvalue weighted by atomic mass is 15.1. The second-order valence-corrected chi connectivity index (χ2v) is 6.52. The summed E-state index contributed by atoms with van der Waals surface area (Å²) in [5.41, 5.74) is 0. The Kier molecular flexibility index (Phi) is 7.14. The molecular weight excluding hydrogens is 208 g/mol. The summed E-state index contributed by atoms with van der Waals surface area (Å²) < 4.78 is 0. The Hall–Kier alpha value is -0.0800. The van der Waals surface area contributed by atoms with Crippen LogP contribution in [0.25, 0.3) is 0 Å². The molecule has 17 heavy (non-hydrogen) atoms. The van der Waals surface area contributed by atoms with Gasteiger partial charge in [0.25, 0.3) is 0 Å². The average Bonchev–Trinajstić information content (AvgIpc) is 2.74. The largest absolute Gasteiger partial charge is 0.316 e. The van der Waals surface area contributed by atoms with Crippen LogP contribution in [-0.4, -0.2) is 37.6 Å². The number of hydrogen-bond donors (Lipinski definition) is 1. The van der Waals surface area contributed by atoms with Crippen molar-refractivity contribution in [3.8, 4) is 0 Å². The molecule has 2 heteroatoms. The number of rotatable bonds is 8. The van der Waals surface area contributed by atoms with Crippen molar-refractivity contribution in [2.75, 3.05) is 32.7 Å². The second kappa shape index (κ2) is 8.10. The molecule has 0 spiro atoms. The topological polar surface area (TPSA) is 15.3 Å². The maximum atomic E-state index is 3.48. The molecular formula is C15H32N2. The summed E-state index contributed by atoms with van der Waals surface area (Å²) in [7, 11) is 0. The van der Waals surface area contributed by atoms with E-state index in [1.807, 2.05) is 0 Å². The molecule has 1 saturated heterocycles. The van der Waals surface area contributed by atoms with E-state index < -0.39 is 0 Å². The maximum Gasteiger partial charge on any atom is 0.00223 e. The van der Waals surface area contributed by atoms with Gasteiger partial charge in [-0.25, -0.2) is 0 Å². The van der Waals surface area contributed by atoms with Gasteiger partial charge < -0.3 is 10.2 Å². The van der Waals surface area contributed by atoms with Crippen molar-refractivity contribution in [3.05, 3.63) is 0 Å². The molecule has 1 rings (SSSR count). The molecule has 0 aromatic rings. The van der Waals surface area contributed by atoms with Crippen LogP contribution in [0.5, 0.6) is 0 Å². The van der Waals surface area contributed by atoms with Gasteiger partial charge in [0, 0.05) is 6.54 Å². The summed E-state index contributed by atoms with van der Waals surface area (Å²) in [5, 5.41) is 3.48. The summed E-state index contributed by atoms with van der Waals surface area (Å²) in [6.07, 6.45) is 4.07. The van der Waals surface area contributed by atoms with Gasteiger partial charge >= 0.3 is 0 Å². The molecule has 1 aliphatic rings. The first-order valence-corrected chi connectivity index (χ1v) is 7.51. The zero-order chi connectivity index (χ0) is 12.7. The van der Waals surface area contributed by atoms with Gasteiger partial charge in [0.1, 0.15) is 0 Å². The number of hydrogen-bond acceptors (Lipinski definition) is 2. The first kappa shape index (κ1) is 15.0. The Morgan fingerprint density at radius 3 is 2.06 bits per heavy atom. The molecule has 0 amide bonds. The maximum absolute atomic E-state index is 3.48. The van der Waals surface area contributed by atoms with Crippen molar-refractivity contribution in [1.82, 2.24) is 10.2 Å². The average molecular weight is 240 g/mol. The van der Waals surface area contributed by atoms with Crippen molar-refractivity contribution in [2.24, 2.45) is 17.8 Å². The van der Waals surface area contributed by atoms with E-state index >= 15 is 0 Å². The lowest BCUT2D eigenvalue weighted by Crippen LogP contribution is -2.33. The zero-order valence-corrected chi connectivity index (χ0v) is 12.3. The predicted molar refractivity (Wildman–Crippen MR) is 76.3 cm³/mol. The van der Waals surface area contributed by atoms with E-state index in [1.165, 1.54) is 52.0 Å². The molecule has 0 bridgehead atoms. The fourth-order valence-electron chi connectivity index (χ4n) is 2.41. The van der Waals surface area contributed by atoms with Crippen LogP contribution in [0.1, 0.15) is 47.0 Å². The normalized spacial score (nSPS) is 21.0.